The SMILES string of the molecule is CC1(O)C(=O)Nc2c(C(=O)O)cccc21. The van der Waals surface area contributed by atoms with E-state index in [0.29, 0.717) is 5.56 Å². The Labute approximate surface area is 85.3 Å². The highest BCUT2D eigenvalue weighted by Gasteiger charge is 2.42. The summed E-state index contributed by atoms with van der Waals surface area (Å²) in [7, 11) is 0. The highest BCUT2D eigenvalue weighted by molar-refractivity contribution is 6.10. The third-order valence-corrected chi connectivity index (χ3v) is 2.50. The molecule has 1 heterocycles. The second-order valence-corrected chi connectivity index (χ2v) is 3.56. The monoisotopic (exact) mass is 207 g/mol. The Morgan fingerprint density at radius 2 is 2.13 bits per heavy atom. The van der Waals surface area contributed by atoms with E-state index < -0.39 is 17.5 Å². The van der Waals surface area contributed by atoms with Crippen LogP contribution in [0.1, 0.15) is 22.8 Å². The molecule has 0 saturated heterocycles. The van der Waals surface area contributed by atoms with Gasteiger partial charge in [0, 0.05) is 5.56 Å². The van der Waals surface area contributed by atoms with Gasteiger partial charge in [-0.25, -0.2) is 4.79 Å². The molecule has 1 aromatic carbocycles. The lowest BCUT2D eigenvalue weighted by Crippen LogP contribution is -2.30. The molecule has 1 unspecified atom stereocenters. The molecular weight excluding hydrogens is 198 g/mol. The van der Waals surface area contributed by atoms with E-state index in [0.717, 1.165) is 0 Å². The molecular formula is C10H9NO4. The van der Waals surface area contributed by atoms with Gasteiger partial charge in [-0.15, -0.1) is 0 Å². The van der Waals surface area contributed by atoms with Gasteiger partial charge in [-0.1, -0.05) is 12.1 Å². The largest absolute Gasteiger partial charge is 0.478 e. The number of hydrogen-bond acceptors (Lipinski definition) is 3. The number of aromatic carboxylic acids is 1. The van der Waals surface area contributed by atoms with E-state index in [-0.39, 0.29) is 11.3 Å². The van der Waals surface area contributed by atoms with Crippen LogP contribution < -0.4 is 5.32 Å². The summed E-state index contributed by atoms with van der Waals surface area (Å²) in [4.78, 5) is 22.2. The van der Waals surface area contributed by atoms with E-state index >= 15 is 0 Å². The third-order valence-electron chi connectivity index (χ3n) is 2.50. The van der Waals surface area contributed by atoms with Crippen LogP contribution in [0.25, 0.3) is 0 Å². The molecule has 5 heteroatoms. The summed E-state index contributed by atoms with van der Waals surface area (Å²) in [5, 5.41) is 21.1. The van der Waals surface area contributed by atoms with Gasteiger partial charge in [-0.3, -0.25) is 4.79 Å². The van der Waals surface area contributed by atoms with E-state index in [1.54, 1.807) is 0 Å². The van der Waals surface area contributed by atoms with Crippen molar-refractivity contribution in [2.24, 2.45) is 0 Å². The van der Waals surface area contributed by atoms with E-state index in [9.17, 15) is 14.7 Å². The molecule has 2 rings (SSSR count). The number of rotatable bonds is 1. The topological polar surface area (TPSA) is 86.6 Å². The normalized spacial score (nSPS) is 23.5. The molecule has 15 heavy (non-hydrogen) atoms. The van der Waals surface area contributed by atoms with Crippen molar-refractivity contribution >= 4 is 17.6 Å². The molecule has 0 radical (unpaired) electrons. The minimum absolute atomic E-state index is 0.0152. The van der Waals surface area contributed by atoms with Gasteiger partial charge in [0.15, 0.2) is 5.60 Å². The van der Waals surface area contributed by atoms with Crippen LogP contribution >= 0.6 is 0 Å². The Hall–Kier alpha value is -1.88. The fourth-order valence-corrected chi connectivity index (χ4v) is 1.63. The average molecular weight is 207 g/mol. The maximum absolute atomic E-state index is 11.4. The highest BCUT2D eigenvalue weighted by Crippen LogP contribution is 2.37. The summed E-state index contributed by atoms with van der Waals surface area (Å²) in [6.07, 6.45) is 0. The first kappa shape index (κ1) is 9.67. The van der Waals surface area contributed by atoms with Gasteiger partial charge in [-0.05, 0) is 13.0 Å². The van der Waals surface area contributed by atoms with E-state index in [4.69, 9.17) is 5.11 Å². The molecule has 5 nitrogen and oxygen atoms in total. The number of fused-ring (bicyclic) bond motifs is 1. The molecule has 0 spiro atoms. The molecule has 0 saturated carbocycles. The predicted molar refractivity (Wildman–Crippen MR) is 51.6 cm³/mol. The quantitative estimate of drug-likeness (QED) is 0.627. The number of benzene rings is 1. The van der Waals surface area contributed by atoms with Crippen LogP contribution in [0, 0.1) is 0 Å². The van der Waals surface area contributed by atoms with Crippen LogP contribution in [-0.2, 0) is 10.4 Å². The predicted octanol–water partition coefficient (Wildman–Crippen LogP) is 0.544. The summed E-state index contributed by atoms with van der Waals surface area (Å²) in [5.41, 5.74) is -1.19. The van der Waals surface area contributed by atoms with Crippen molar-refractivity contribution in [2.45, 2.75) is 12.5 Å². The molecule has 1 aromatic rings. The Morgan fingerprint density at radius 3 is 2.73 bits per heavy atom. The maximum Gasteiger partial charge on any atom is 0.337 e. The smallest absolute Gasteiger partial charge is 0.337 e. The molecule has 3 N–H and O–H groups in total. The fraction of sp³-hybridized carbons (Fsp3) is 0.200. The summed E-state index contributed by atoms with van der Waals surface area (Å²) < 4.78 is 0. The number of carboxylic acids is 1. The summed E-state index contributed by atoms with van der Waals surface area (Å²) in [6.45, 7) is 1.33. The van der Waals surface area contributed by atoms with Gasteiger partial charge >= 0.3 is 5.97 Å². The van der Waals surface area contributed by atoms with Crippen molar-refractivity contribution in [3.63, 3.8) is 0 Å². The summed E-state index contributed by atoms with van der Waals surface area (Å²) in [6, 6.07) is 4.40. The van der Waals surface area contributed by atoms with Crippen LogP contribution in [0.5, 0.6) is 0 Å². The first-order valence-corrected chi connectivity index (χ1v) is 4.35. The van der Waals surface area contributed by atoms with Gasteiger partial charge in [0.25, 0.3) is 5.91 Å². The molecule has 0 aromatic heterocycles. The molecule has 1 atom stereocenters. The number of aliphatic hydroxyl groups is 1. The molecule has 0 aliphatic carbocycles. The zero-order valence-electron chi connectivity index (χ0n) is 7.94. The van der Waals surface area contributed by atoms with Crippen LogP contribution in [0.3, 0.4) is 0 Å². The molecule has 1 aliphatic heterocycles. The van der Waals surface area contributed by atoms with E-state index in [1.165, 1.54) is 25.1 Å². The van der Waals surface area contributed by atoms with Crippen molar-refractivity contribution < 1.29 is 19.8 Å². The lowest BCUT2D eigenvalue weighted by atomic mass is 9.96. The first-order valence-electron chi connectivity index (χ1n) is 4.35. The lowest BCUT2D eigenvalue weighted by Gasteiger charge is -2.13. The van der Waals surface area contributed by atoms with Gasteiger partial charge in [-0.2, -0.15) is 0 Å². The Bertz CT molecular complexity index is 464. The Morgan fingerprint density at radius 1 is 1.47 bits per heavy atom. The number of nitrogens with one attached hydrogen (secondary N) is 1. The molecule has 1 amide bonds. The van der Waals surface area contributed by atoms with E-state index in [2.05, 4.69) is 5.32 Å². The summed E-state index contributed by atoms with van der Waals surface area (Å²) in [5.74, 6) is -1.74. The number of carbonyl (C=O) groups excluding carboxylic acids is 1. The van der Waals surface area contributed by atoms with Crippen molar-refractivity contribution in [2.75, 3.05) is 5.32 Å². The minimum Gasteiger partial charge on any atom is -0.478 e. The zero-order chi connectivity index (χ0) is 11.2. The second kappa shape index (κ2) is 2.80. The van der Waals surface area contributed by atoms with Crippen molar-refractivity contribution in [3.8, 4) is 0 Å². The summed E-state index contributed by atoms with van der Waals surface area (Å²) >= 11 is 0. The number of carbonyl (C=O) groups is 2. The minimum atomic E-state index is -1.65. The van der Waals surface area contributed by atoms with Gasteiger partial charge in [0.05, 0.1) is 11.3 Å². The van der Waals surface area contributed by atoms with Crippen molar-refractivity contribution in [3.05, 3.63) is 29.3 Å². The molecule has 0 fully saturated rings. The Kier molecular flexibility index (Phi) is 1.81. The molecule has 1 aliphatic rings. The highest BCUT2D eigenvalue weighted by atomic mass is 16.4. The number of hydrogen-bond donors (Lipinski definition) is 3. The van der Waals surface area contributed by atoms with Gasteiger partial charge in [0.1, 0.15) is 0 Å². The standard InChI is InChI=1S/C10H9NO4/c1-10(15)6-4-2-3-5(8(12)13)7(6)11-9(10)14/h2-4,15H,1H3,(H,11,14)(H,12,13). The number of anilines is 1. The van der Waals surface area contributed by atoms with Crippen LogP contribution in [0.2, 0.25) is 0 Å². The average Bonchev–Trinajstić information content (AvgIpc) is 2.38. The van der Waals surface area contributed by atoms with E-state index in [1.807, 2.05) is 0 Å². The molecule has 78 valence electrons. The van der Waals surface area contributed by atoms with Crippen LogP contribution in [0.15, 0.2) is 18.2 Å². The molecule has 0 bridgehead atoms. The zero-order valence-corrected chi connectivity index (χ0v) is 7.94. The second-order valence-electron chi connectivity index (χ2n) is 3.56. The first-order chi connectivity index (χ1) is 6.94. The van der Waals surface area contributed by atoms with Crippen molar-refractivity contribution in [1.29, 1.82) is 0 Å². The maximum atomic E-state index is 11.4. The Balaban J connectivity index is 2.68. The third kappa shape index (κ3) is 1.20. The van der Waals surface area contributed by atoms with Crippen LogP contribution in [0.4, 0.5) is 5.69 Å². The fourth-order valence-electron chi connectivity index (χ4n) is 1.63. The van der Waals surface area contributed by atoms with Crippen LogP contribution in [-0.4, -0.2) is 22.1 Å². The lowest BCUT2D eigenvalue weighted by molar-refractivity contribution is -0.131. The number of para-hydroxylation sites is 1. The van der Waals surface area contributed by atoms with Crippen molar-refractivity contribution in [1.82, 2.24) is 0 Å². The number of carboxylic acid groups (broad SMARTS) is 1. The van der Waals surface area contributed by atoms with Gasteiger partial charge in [0.2, 0.25) is 0 Å². The number of amides is 1. The van der Waals surface area contributed by atoms with Gasteiger partial charge < -0.3 is 15.5 Å².